The van der Waals surface area contributed by atoms with E-state index in [2.05, 4.69) is 10.6 Å². The standard InChI is InChI=1S/C15H21FN2O2/c1-10(2)20-14-6-5-12(16)7-13(14)18-15(19)9-17-8-11-3-4-11/h5-7,10-11,17H,3-4,8-9H2,1-2H3,(H,18,19). The van der Waals surface area contributed by atoms with E-state index in [0.717, 1.165) is 12.5 Å². The Labute approximate surface area is 118 Å². The van der Waals surface area contributed by atoms with Crippen LogP contribution in [0.25, 0.3) is 0 Å². The van der Waals surface area contributed by atoms with Gasteiger partial charge in [-0.05, 0) is 51.3 Å². The molecule has 4 nitrogen and oxygen atoms in total. The van der Waals surface area contributed by atoms with Gasteiger partial charge in [0.2, 0.25) is 5.91 Å². The molecule has 1 saturated carbocycles. The van der Waals surface area contributed by atoms with Crippen molar-refractivity contribution in [1.82, 2.24) is 5.32 Å². The highest BCUT2D eigenvalue weighted by Crippen LogP contribution is 2.28. The van der Waals surface area contributed by atoms with Crippen molar-refractivity contribution in [3.63, 3.8) is 0 Å². The van der Waals surface area contributed by atoms with Crippen molar-refractivity contribution in [3.8, 4) is 5.75 Å². The number of amides is 1. The number of hydrogen-bond acceptors (Lipinski definition) is 3. The van der Waals surface area contributed by atoms with Crippen molar-refractivity contribution in [3.05, 3.63) is 24.0 Å². The third-order valence-corrected chi connectivity index (χ3v) is 2.99. The molecule has 1 amide bonds. The van der Waals surface area contributed by atoms with Crippen LogP contribution in [0, 0.1) is 11.7 Å². The van der Waals surface area contributed by atoms with E-state index in [1.807, 2.05) is 13.8 Å². The molecule has 20 heavy (non-hydrogen) atoms. The Morgan fingerprint density at radius 1 is 1.45 bits per heavy atom. The van der Waals surface area contributed by atoms with E-state index < -0.39 is 5.82 Å². The summed E-state index contributed by atoms with van der Waals surface area (Å²) in [5, 5.41) is 5.78. The Balaban J connectivity index is 1.91. The average molecular weight is 280 g/mol. The Hall–Kier alpha value is -1.62. The maximum absolute atomic E-state index is 13.3. The molecule has 5 heteroatoms. The zero-order valence-electron chi connectivity index (χ0n) is 11.9. The number of rotatable bonds is 7. The van der Waals surface area contributed by atoms with Crippen LogP contribution in [0.15, 0.2) is 18.2 Å². The molecule has 2 rings (SSSR count). The summed E-state index contributed by atoms with van der Waals surface area (Å²) in [6.45, 7) is 4.86. The molecule has 1 aromatic carbocycles. The molecular formula is C15H21FN2O2. The van der Waals surface area contributed by atoms with Crippen LogP contribution >= 0.6 is 0 Å². The summed E-state index contributed by atoms with van der Waals surface area (Å²) < 4.78 is 18.8. The summed E-state index contributed by atoms with van der Waals surface area (Å²) in [6, 6.07) is 4.12. The number of carbonyl (C=O) groups is 1. The van der Waals surface area contributed by atoms with Gasteiger partial charge in [0.15, 0.2) is 0 Å². The van der Waals surface area contributed by atoms with Crippen LogP contribution in [0.3, 0.4) is 0 Å². The second kappa shape index (κ2) is 6.70. The SMILES string of the molecule is CC(C)Oc1ccc(F)cc1NC(=O)CNCC1CC1. The molecule has 0 bridgehead atoms. The van der Waals surface area contributed by atoms with Gasteiger partial charge in [-0.3, -0.25) is 4.79 Å². The molecule has 110 valence electrons. The predicted molar refractivity (Wildman–Crippen MR) is 76.4 cm³/mol. The monoisotopic (exact) mass is 280 g/mol. The Morgan fingerprint density at radius 3 is 2.85 bits per heavy atom. The molecule has 2 N–H and O–H groups in total. The largest absolute Gasteiger partial charge is 0.489 e. The molecule has 1 aliphatic carbocycles. The Kier molecular flexibility index (Phi) is 4.95. The normalized spacial score (nSPS) is 14.4. The van der Waals surface area contributed by atoms with Crippen LogP contribution in [-0.4, -0.2) is 25.1 Å². The van der Waals surface area contributed by atoms with Crippen molar-refractivity contribution in [2.45, 2.75) is 32.8 Å². The molecule has 1 aromatic rings. The molecule has 0 spiro atoms. The zero-order valence-corrected chi connectivity index (χ0v) is 11.9. The van der Waals surface area contributed by atoms with Crippen LogP contribution in [0.1, 0.15) is 26.7 Å². The van der Waals surface area contributed by atoms with Crippen LogP contribution < -0.4 is 15.4 Å². The lowest BCUT2D eigenvalue weighted by Gasteiger charge is -2.15. The molecule has 1 aliphatic rings. The lowest BCUT2D eigenvalue weighted by molar-refractivity contribution is -0.115. The fraction of sp³-hybridized carbons (Fsp3) is 0.533. The second-order valence-electron chi connectivity index (χ2n) is 5.43. The van der Waals surface area contributed by atoms with Gasteiger partial charge in [0, 0.05) is 6.07 Å². The quantitative estimate of drug-likeness (QED) is 0.807. The van der Waals surface area contributed by atoms with Crippen LogP contribution in [-0.2, 0) is 4.79 Å². The van der Waals surface area contributed by atoms with Gasteiger partial charge in [0.05, 0.1) is 18.3 Å². The van der Waals surface area contributed by atoms with E-state index in [1.165, 1.54) is 31.0 Å². The van der Waals surface area contributed by atoms with E-state index in [-0.39, 0.29) is 18.6 Å². The molecule has 0 atom stereocenters. The van der Waals surface area contributed by atoms with Gasteiger partial charge >= 0.3 is 0 Å². The van der Waals surface area contributed by atoms with Crippen LogP contribution in [0.4, 0.5) is 10.1 Å². The predicted octanol–water partition coefficient (Wildman–Crippen LogP) is 2.55. The van der Waals surface area contributed by atoms with Crippen molar-refractivity contribution in [2.24, 2.45) is 5.92 Å². The molecule has 1 fully saturated rings. The zero-order chi connectivity index (χ0) is 14.5. The number of nitrogens with one attached hydrogen (secondary N) is 2. The third kappa shape index (κ3) is 4.81. The molecule has 0 unspecified atom stereocenters. The summed E-state index contributed by atoms with van der Waals surface area (Å²) in [7, 11) is 0. The molecule has 0 saturated heterocycles. The second-order valence-corrected chi connectivity index (χ2v) is 5.43. The van der Waals surface area contributed by atoms with Crippen molar-refractivity contribution in [1.29, 1.82) is 0 Å². The average Bonchev–Trinajstić information content (AvgIpc) is 3.16. The van der Waals surface area contributed by atoms with Crippen molar-refractivity contribution in [2.75, 3.05) is 18.4 Å². The van der Waals surface area contributed by atoms with E-state index in [9.17, 15) is 9.18 Å². The molecular weight excluding hydrogens is 259 g/mol. The number of carbonyl (C=O) groups excluding carboxylic acids is 1. The third-order valence-electron chi connectivity index (χ3n) is 2.99. The first-order valence-corrected chi connectivity index (χ1v) is 7.01. The number of anilines is 1. The lowest BCUT2D eigenvalue weighted by atomic mass is 10.2. The van der Waals surface area contributed by atoms with Gasteiger partial charge in [0.1, 0.15) is 11.6 Å². The summed E-state index contributed by atoms with van der Waals surface area (Å²) in [5.41, 5.74) is 0.372. The highest BCUT2D eigenvalue weighted by molar-refractivity contribution is 5.93. The fourth-order valence-corrected chi connectivity index (χ4v) is 1.86. The van der Waals surface area contributed by atoms with Crippen LogP contribution in [0.5, 0.6) is 5.75 Å². The smallest absolute Gasteiger partial charge is 0.238 e. The highest BCUT2D eigenvalue weighted by Gasteiger charge is 2.20. The van der Waals surface area contributed by atoms with E-state index in [1.54, 1.807) is 0 Å². The summed E-state index contributed by atoms with van der Waals surface area (Å²) >= 11 is 0. The molecule has 0 aromatic heterocycles. The van der Waals surface area contributed by atoms with Gasteiger partial charge in [-0.25, -0.2) is 4.39 Å². The van der Waals surface area contributed by atoms with E-state index in [4.69, 9.17) is 4.74 Å². The summed E-state index contributed by atoms with van der Waals surface area (Å²) in [4.78, 5) is 11.8. The Morgan fingerprint density at radius 2 is 2.20 bits per heavy atom. The Bertz CT molecular complexity index is 473. The first kappa shape index (κ1) is 14.8. The maximum Gasteiger partial charge on any atom is 0.238 e. The van der Waals surface area contributed by atoms with Gasteiger partial charge in [-0.15, -0.1) is 0 Å². The van der Waals surface area contributed by atoms with Crippen molar-refractivity contribution >= 4 is 11.6 Å². The topological polar surface area (TPSA) is 50.4 Å². The first-order chi connectivity index (χ1) is 9.54. The fourth-order valence-electron chi connectivity index (χ4n) is 1.86. The number of hydrogen-bond donors (Lipinski definition) is 2. The summed E-state index contributed by atoms with van der Waals surface area (Å²) in [5.74, 6) is 0.612. The van der Waals surface area contributed by atoms with Gasteiger partial charge in [-0.1, -0.05) is 0 Å². The van der Waals surface area contributed by atoms with Gasteiger partial charge < -0.3 is 15.4 Å². The minimum absolute atomic E-state index is 0.0379. The highest BCUT2D eigenvalue weighted by atomic mass is 19.1. The maximum atomic E-state index is 13.3. The van der Waals surface area contributed by atoms with Crippen molar-refractivity contribution < 1.29 is 13.9 Å². The lowest BCUT2D eigenvalue weighted by Crippen LogP contribution is -2.29. The van der Waals surface area contributed by atoms with E-state index in [0.29, 0.717) is 11.4 Å². The molecule has 0 radical (unpaired) electrons. The number of ether oxygens (including phenoxy) is 1. The van der Waals surface area contributed by atoms with E-state index >= 15 is 0 Å². The number of halogens is 1. The van der Waals surface area contributed by atoms with Crippen LogP contribution in [0.2, 0.25) is 0 Å². The minimum atomic E-state index is -0.401. The minimum Gasteiger partial charge on any atom is -0.489 e. The molecule has 0 aliphatic heterocycles. The van der Waals surface area contributed by atoms with Gasteiger partial charge in [-0.2, -0.15) is 0 Å². The summed E-state index contributed by atoms with van der Waals surface area (Å²) in [6.07, 6.45) is 2.44. The number of benzene rings is 1. The molecule has 0 heterocycles. The first-order valence-electron chi connectivity index (χ1n) is 7.01. The van der Waals surface area contributed by atoms with Gasteiger partial charge in [0.25, 0.3) is 0 Å².